The number of amides is 1. The summed E-state index contributed by atoms with van der Waals surface area (Å²) in [7, 11) is 0. The predicted molar refractivity (Wildman–Crippen MR) is 98.6 cm³/mol. The van der Waals surface area contributed by atoms with E-state index in [1.54, 1.807) is 17.0 Å². The third-order valence-corrected chi connectivity index (χ3v) is 4.03. The maximum Gasteiger partial charge on any atom is 0.260 e. The molecule has 1 heterocycles. The van der Waals surface area contributed by atoms with Crippen LogP contribution in [0, 0.1) is 0 Å². The first-order valence-corrected chi connectivity index (χ1v) is 8.61. The fraction of sp³-hybridized carbons (Fsp3) is 0.250. The first-order valence-electron chi connectivity index (χ1n) is 8.61. The van der Waals surface area contributed by atoms with E-state index in [9.17, 15) is 4.79 Å². The fourth-order valence-corrected chi connectivity index (χ4v) is 2.54. The molecule has 3 rings (SSSR count). The predicted octanol–water partition coefficient (Wildman–Crippen LogP) is 3.65. The van der Waals surface area contributed by atoms with Gasteiger partial charge in [0, 0.05) is 24.2 Å². The lowest BCUT2D eigenvalue weighted by Crippen LogP contribution is -2.34. The molecule has 1 aromatic heterocycles. The van der Waals surface area contributed by atoms with Gasteiger partial charge in [-0.05, 0) is 50.2 Å². The van der Waals surface area contributed by atoms with Crippen molar-refractivity contribution in [1.29, 1.82) is 0 Å². The Balaban J connectivity index is 1.65. The molecule has 6 nitrogen and oxygen atoms in total. The van der Waals surface area contributed by atoms with Crippen molar-refractivity contribution in [3.8, 4) is 28.7 Å². The number of ether oxygens (including phenoxy) is 1. The van der Waals surface area contributed by atoms with Crippen molar-refractivity contribution in [1.82, 2.24) is 15.1 Å². The molecule has 0 saturated heterocycles. The third-order valence-electron chi connectivity index (χ3n) is 4.03. The van der Waals surface area contributed by atoms with Crippen LogP contribution >= 0.6 is 0 Å². The molecule has 6 heteroatoms. The van der Waals surface area contributed by atoms with Crippen LogP contribution in [-0.4, -0.2) is 40.7 Å². The van der Waals surface area contributed by atoms with Crippen LogP contribution in [0.1, 0.15) is 13.8 Å². The molecule has 0 radical (unpaired) electrons. The van der Waals surface area contributed by atoms with Crippen molar-refractivity contribution in [2.24, 2.45) is 0 Å². The number of rotatable bonds is 7. The summed E-state index contributed by atoms with van der Waals surface area (Å²) in [5.41, 5.74) is 1.67. The number of hydrogen-bond donors (Lipinski definition) is 0. The average Bonchev–Trinajstić information content (AvgIpc) is 3.19. The van der Waals surface area contributed by atoms with E-state index in [0.29, 0.717) is 30.6 Å². The average molecular weight is 351 g/mol. The minimum absolute atomic E-state index is 0.0246. The minimum Gasteiger partial charge on any atom is -0.484 e. The van der Waals surface area contributed by atoms with Crippen LogP contribution in [0.5, 0.6) is 5.75 Å². The van der Waals surface area contributed by atoms with Crippen LogP contribution in [-0.2, 0) is 4.79 Å². The highest BCUT2D eigenvalue weighted by molar-refractivity contribution is 5.77. The van der Waals surface area contributed by atoms with Gasteiger partial charge in [-0.2, -0.15) is 0 Å². The van der Waals surface area contributed by atoms with E-state index in [1.807, 2.05) is 56.3 Å². The Bertz CT molecular complexity index is 840. The highest BCUT2D eigenvalue weighted by atomic mass is 16.5. The third kappa shape index (κ3) is 4.08. The zero-order valence-electron chi connectivity index (χ0n) is 14.9. The van der Waals surface area contributed by atoms with Crippen LogP contribution in [0.2, 0.25) is 0 Å². The quantitative estimate of drug-likeness (QED) is 0.650. The van der Waals surface area contributed by atoms with Gasteiger partial charge in [0.2, 0.25) is 11.8 Å². The lowest BCUT2D eigenvalue weighted by molar-refractivity contribution is -0.132. The molecule has 0 N–H and O–H groups in total. The van der Waals surface area contributed by atoms with Crippen LogP contribution < -0.4 is 4.74 Å². The van der Waals surface area contributed by atoms with Gasteiger partial charge in [-0.15, -0.1) is 10.2 Å². The number of aromatic nitrogens is 2. The van der Waals surface area contributed by atoms with E-state index >= 15 is 0 Å². The summed E-state index contributed by atoms with van der Waals surface area (Å²) in [6.45, 7) is 5.28. The van der Waals surface area contributed by atoms with Crippen molar-refractivity contribution in [3.05, 3.63) is 54.6 Å². The van der Waals surface area contributed by atoms with Gasteiger partial charge < -0.3 is 14.1 Å². The van der Waals surface area contributed by atoms with Gasteiger partial charge in [0.1, 0.15) is 5.75 Å². The van der Waals surface area contributed by atoms with Gasteiger partial charge in [0.25, 0.3) is 5.91 Å². The normalized spacial score (nSPS) is 10.5. The molecule has 0 saturated carbocycles. The molecule has 0 fully saturated rings. The van der Waals surface area contributed by atoms with Crippen LogP contribution in [0.25, 0.3) is 22.9 Å². The first-order chi connectivity index (χ1) is 12.7. The van der Waals surface area contributed by atoms with Gasteiger partial charge in [0.05, 0.1) is 0 Å². The first kappa shape index (κ1) is 17.7. The van der Waals surface area contributed by atoms with Gasteiger partial charge in [-0.25, -0.2) is 0 Å². The number of hydrogen-bond acceptors (Lipinski definition) is 5. The second kappa shape index (κ2) is 8.29. The number of likely N-dealkylation sites (N-methyl/N-ethyl adjacent to an activating group) is 1. The molecule has 3 aromatic rings. The Morgan fingerprint density at radius 2 is 1.50 bits per heavy atom. The topological polar surface area (TPSA) is 68.5 Å². The Morgan fingerprint density at radius 3 is 2.08 bits per heavy atom. The molecule has 1 amide bonds. The van der Waals surface area contributed by atoms with E-state index in [4.69, 9.17) is 9.15 Å². The number of carbonyl (C=O) groups is 1. The van der Waals surface area contributed by atoms with Crippen molar-refractivity contribution < 1.29 is 13.9 Å². The van der Waals surface area contributed by atoms with Crippen LogP contribution in [0.3, 0.4) is 0 Å². The summed E-state index contributed by atoms with van der Waals surface area (Å²) < 4.78 is 11.3. The molecular weight excluding hydrogens is 330 g/mol. The van der Waals surface area contributed by atoms with Crippen LogP contribution in [0.15, 0.2) is 59.0 Å². The molecule has 0 atom stereocenters. The Labute approximate surface area is 152 Å². The largest absolute Gasteiger partial charge is 0.484 e. The molecule has 0 aliphatic rings. The zero-order chi connectivity index (χ0) is 18.4. The smallest absolute Gasteiger partial charge is 0.260 e. The molecule has 0 aliphatic carbocycles. The molecule has 26 heavy (non-hydrogen) atoms. The van der Waals surface area contributed by atoms with Crippen molar-refractivity contribution in [2.75, 3.05) is 19.7 Å². The fourth-order valence-electron chi connectivity index (χ4n) is 2.54. The molecule has 0 spiro atoms. The highest BCUT2D eigenvalue weighted by Crippen LogP contribution is 2.25. The molecule has 134 valence electrons. The Morgan fingerprint density at radius 1 is 0.923 bits per heavy atom. The molecule has 0 bridgehead atoms. The van der Waals surface area contributed by atoms with E-state index < -0.39 is 0 Å². The van der Waals surface area contributed by atoms with E-state index in [2.05, 4.69) is 10.2 Å². The number of carbonyl (C=O) groups excluding carboxylic acids is 1. The van der Waals surface area contributed by atoms with Gasteiger partial charge in [-0.1, -0.05) is 18.2 Å². The molecule has 0 unspecified atom stereocenters. The van der Waals surface area contributed by atoms with Crippen molar-refractivity contribution in [3.63, 3.8) is 0 Å². The minimum atomic E-state index is -0.0246. The van der Waals surface area contributed by atoms with Crippen LogP contribution in [0.4, 0.5) is 0 Å². The van der Waals surface area contributed by atoms with Gasteiger partial charge >= 0.3 is 0 Å². The highest BCUT2D eigenvalue weighted by Gasteiger charge is 2.12. The monoisotopic (exact) mass is 351 g/mol. The standard InChI is InChI=1S/C20H21N3O3/c1-3-23(4-2)18(24)14-25-17-12-10-16(11-13-17)20-22-21-19(26-20)15-8-6-5-7-9-15/h5-13H,3-4,14H2,1-2H3. The van der Waals surface area contributed by atoms with Gasteiger partial charge in [0.15, 0.2) is 6.61 Å². The molecule has 2 aromatic carbocycles. The molecule has 0 aliphatic heterocycles. The lowest BCUT2D eigenvalue weighted by Gasteiger charge is -2.18. The maximum atomic E-state index is 12.0. The molecular formula is C20H21N3O3. The number of nitrogens with zero attached hydrogens (tertiary/aromatic N) is 3. The van der Waals surface area contributed by atoms with Crippen molar-refractivity contribution in [2.45, 2.75) is 13.8 Å². The Hall–Kier alpha value is -3.15. The summed E-state index contributed by atoms with van der Waals surface area (Å²) in [5, 5.41) is 8.18. The maximum absolute atomic E-state index is 12.0. The lowest BCUT2D eigenvalue weighted by atomic mass is 10.2. The second-order valence-electron chi connectivity index (χ2n) is 5.66. The van der Waals surface area contributed by atoms with E-state index in [-0.39, 0.29) is 12.5 Å². The Kier molecular flexibility index (Phi) is 5.63. The van der Waals surface area contributed by atoms with E-state index in [1.165, 1.54) is 0 Å². The summed E-state index contributed by atoms with van der Waals surface area (Å²) >= 11 is 0. The van der Waals surface area contributed by atoms with E-state index in [0.717, 1.165) is 11.1 Å². The summed E-state index contributed by atoms with van der Waals surface area (Å²) in [6.07, 6.45) is 0. The summed E-state index contributed by atoms with van der Waals surface area (Å²) in [5.74, 6) is 1.51. The summed E-state index contributed by atoms with van der Waals surface area (Å²) in [6, 6.07) is 16.9. The zero-order valence-corrected chi connectivity index (χ0v) is 14.9. The summed E-state index contributed by atoms with van der Waals surface area (Å²) in [4.78, 5) is 13.7. The SMILES string of the molecule is CCN(CC)C(=O)COc1ccc(-c2nnc(-c3ccccc3)o2)cc1. The second-order valence-corrected chi connectivity index (χ2v) is 5.66. The van der Waals surface area contributed by atoms with Gasteiger partial charge in [-0.3, -0.25) is 4.79 Å². The van der Waals surface area contributed by atoms with Crippen molar-refractivity contribution >= 4 is 5.91 Å². The number of benzene rings is 2.